The maximum atomic E-state index is 13.7. The number of aliphatic hydroxyl groups is 3. The number of hydrogen-bond donors (Lipinski definition) is 3. The van der Waals surface area contributed by atoms with Gasteiger partial charge in [0.2, 0.25) is 0 Å². The van der Waals surface area contributed by atoms with E-state index < -0.39 is 54.7 Å². The summed E-state index contributed by atoms with van der Waals surface area (Å²) in [5.41, 5.74) is 0.952. The normalized spacial score (nSPS) is 38.9. The summed E-state index contributed by atoms with van der Waals surface area (Å²) in [6.45, 7) is 15.3. The number of aliphatic hydroxyl groups excluding tert-OH is 3. The van der Waals surface area contributed by atoms with Crippen LogP contribution in [-0.2, 0) is 23.8 Å². The number of carbonyl (C=O) groups is 2. The van der Waals surface area contributed by atoms with E-state index in [1.165, 1.54) is 6.42 Å². The minimum Gasteiger partial charge on any atom is -0.462 e. The molecule has 4 aliphatic rings. The molecule has 3 fully saturated rings. The molecule has 0 aromatic rings. The molecule has 51 heavy (non-hydrogen) atoms. The van der Waals surface area contributed by atoms with E-state index in [1.807, 2.05) is 33.8 Å². The van der Waals surface area contributed by atoms with Gasteiger partial charge in [0.1, 0.15) is 12.2 Å². The molecule has 7 unspecified atom stereocenters. The van der Waals surface area contributed by atoms with E-state index in [0.717, 1.165) is 70.5 Å². The monoisotopic (exact) mass is 720 g/mol. The first-order valence-electron chi connectivity index (χ1n) is 19.8. The first-order chi connectivity index (χ1) is 24.3. The standard InChI is InChI=1S/C40H69N3O8/c1-8-34-31(25-43-19-12-13-20-43)22-26(2)14-15-32(44)27(3)23-30(16-21-42-17-10-9-11-18-42)39(28(4)33(45)24-35(46)50-34)51-40-38(48)36(41(6)7)37(47)29(5)49-40/h14-15,22,27-31,33-34,36-40,45,47-48H,8-13,16-21,23-25H2,1-7H3/t27?,28?,29-,30?,31?,33?,34?,36+,37-,38-,39?,40+/m1/s1. The van der Waals surface area contributed by atoms with Gasteiger partial charge in [-0.1, -0.05) is 44.9 Å². The SMILES string of the molecule is CCC1OC(=O)CC(O)C(C)C(O[C@@H]2O[C@H](C)[C@@H](O)[C@H](N(C)C)[C@H]2O)C(CCN2CCCCC2)CC(C)C(=O)C=CC(C)=CC1CN1CCCC1. The third-order valence-corrected chi connectivity index (χ3v) is 11.9. The predicted molar refractivity (Wildman–Crippen MR) is 198 cm³/mol. The summed E-state index contributed by atoms with van der Waals surface area (Å²) in [7, 11) is 3.60. The van der Waals surface area contributed by atoms with Crippen LogP contribution in [-0.4, -0.2) is 144 Å². The van der Waals surface area contributed by atoms with Crippen LogP contribution in [0, 0.1) is 23.7 Å². The minimum atomic E-state index is -1.17. The van der Waals surface area contributed by atoms with E-state index in [0.29, 0.717) is 19.3 Å². The Hall–Kier alpha value is -1.70. The third-order valence-electron chi connectivity index (χ3n) is 11.9. The molecular weight excluding hydrogens is 650 g/mol. The largest absolute Gasteiger partial charge is 0.462 e. The van der Waals surface area contributed by atoms with E-state index in [-0.39, 0.29) is 36.1 Å². The van der Waals surface area contributed by atoms with Gasteiger partial charge in [0, 0.05) is 24.3 Å². The number of likely N-dealkylation sites (tertiary alicyclic amines) is 2. The Kier molecular flexibility index (Phi) is 16.6. The van der Waals surface area contributed by atoms with Crippen molar-refractivity contribution in [3.05, 3.63) is 23.8 Å². The van der Waals surface area contributed by atoms with Crippen molar-refractivity contribution in [3.8, 4) is 0 Å². The van der Waals surface area contributed by atoms with Gasteiger partial charge in [0.05, 0.1) is 36.9 Å². The van der Waals surface area contributed by atoms with Crippen LogP contribution in [0.2, 0.25) is 0 Å². The highest BCUT2D eigenvalue weighted by Gasteiger charge is 2.47. The second-order valence-electron chi connectivity index (χ2n) is 16.2. The first kappa shape index (κ1) is 42.0. The number of ketones is 1. The van der Waals surface area contributed by atoms with Crippen LogP contribution in [0.3, 0.4) is 0 Å². The third kappa shape index (κ3) is 11.9. The van der Waals surface area contributed by atoms with Crippen LogP contribution in [0.25, 0.3) is 0 Å². The zero-order valence-corrected chi connectivity index (χ0v) is 32.5. The Morgan fingerprint density at radius 1 is 0.922 bits per heavy atom. The number of piperidine rings is 1. The molecule has 4 rings (SSSR count). The summed E-state index contributed by atoms with van der Waals surface area (Å²) in [5.74, 6) is -1.57. The van der Waals surface area contributed by atoms with E-state index in [4.69, 9.17) is 14.2 Å². The topological polar surface area (TPSA) is 132 Å². The molecule has 0 saturated carbocycles. The highest BCUT2D eigenvalue weighted by molar-refractivity contribution is 5.91. The van der Waals surface area contributed by atoms with Crippen LogP contribution >= 0.6 is 0 Å². The van der Waals surface area contributed by atoms with Crippen molar-refractivity contribution in [2.45, 2.75) is 141 Å². The summed E-state index contributed by atoms with van der Waals surface area (Å²) in [6.07, 6.45) is 7.24. The van der Waals surface area contributed by atoms with Crippen LogP contribution in [0.5, 0.6) is 0 Å². The highest BCUT2D eigenvalue weighted by Crippen LogP contribution is 2.35. The van der Waals surface area contributed by atoms with Gasteiger partial charge in [-0.2, -0.15) is 0 Å². The summed E-state index contributed by atoms with van der Waals surface area (Å²) in [5, 5.41) is 34.2. The number of cyclic esters (lactones) is 1. The van der Waals surface area contributed by atoms with Gasteiger partial charge in [-0.25, -0.2) is 0 Å². The van der Waals surface area contributed by atoms with E-state index in [1.54, 1.807) is 32.0 Å². The summed E-state index contributed by atoms with van der Waals surface area (Å²) >= 11 is 0. The number of esters is 1. The molecule has 0 spiro atoms. The van der Waals surface area contributed by atoms with Crippen molar-refractivity contribution in [2.75, 3.05) is 53.4 Å². The summed E-state index contributed by atoms with van der Waals surface area (Å²) < 4.78 is 19.0. The number of rotatable bonds is 9. The summed E-state index contributed by atoms with van der Waals surface area (Å²) in [4.78, 5) is 34.0. The number of likely N-dealkylation sites (N-methyl/N-ethyl adjacent to an activating group) is 1. The molecule has 0 aliphatic carbocycles. The second-order valence-corrected chi connectivity index (χ2v) is 16.2. The van der Waals surface area contributed by atoms with Crippen molar-refractivity contribution in [1.29, 1.82) is 0 Å². The average Bonchev–Trinajstić information content (AvgIpc) is 3.61. The molecule has 0 radical (unpaired) electrons. The molecule has 0 amide bonds. The van der Waals surface area contributed by atoms with Gasteiger partial charge in [-0.3, -0.25) is 9.59 Å². The maximum Gasteiger partial charge on any atom is 0.308 e. The molecular formula is C40H69N3O8. The number of carbonyl (C=O) groups excluding carboxylic acids is 2. The van der Waals surface area contributed by atoms with E-state index >= 15 is 0 Å². The van der Waals surface area contributed by atoms with E-state index in [9.17, 15) is 24.9 Å². The lowest BCUT2D eigenvalue weighted by molar-refractivity contribution is -0.304. The Bertz CT molecular complexity index is 1150. The highest BCUT2D eigenvalue weighted by atomic mass is 16.7. The quantitative estimate of drug-likeness (QED) is 0.301. The molecule has 3 saturated heterocycles. The fourth-order valence-electron chi connectivity index (χ4n) is 8.65. The zero-order valence-electron chi connectivity index (χ0n) is 32.5. The smallest absolute Gasteiger partial charge is 0.308 e. The maximum absolute atomic E-state index is 13.7. The molecule has 12 atom stereocenters. The molecule has 0 aromatic carbocycles. The molecule has 0 aromatic heterocycles. The molecule has 4 heterocycles. The molecule has 4 aliphatic heterocycles. The van der Waals surface area contributed by atoms with Crippen LogP contribution < -0.4 is 0 Å². The molecule has 11 heteroatoms. The Balaban J connectivity index is 1.68. The lowest BCUT2D eigenvalue weighted by Crippen LogP contribution is -2.63. The van der Waals surface area contributed by atoms with Crippen molar-refractivity contribution in [2.24, 2.45) is 23.7 Å². The zero-order chi connectivity index (χ0) is 37.2. The van der Waals surface area contributed by atoms with Crippen molar-refractivity contribution >= 4 is 11.8 Å². The van der Waals surface area contributed by atoms with Crippen LogP contribution in [0.4, 0.5) is 0 Å². The number of hydrogen-bond acceptors (Lipinski definition) is 11. The van der Waals surface area contributed by atoms with Gasteiger partial charge in [-0.15, -0.1) is 0 Å². The van der Waals surface area contributed by atoms with Crippen molar-refractivity contribution in [1.82, 2.24) is 14.7 Å². The molecule has 3 N–H and O–H groups in total. The fourth-order valence-corrected chi connectivity index (χ4v) is 8.65. The van der Waals surface area contributed by atoms with Gasteiger partial charge in [0.15, 0.2) is 12.1 Å². The van der Waals surface area contributed by atoms with Crippen LogP contribution in [0.15, 0.2) is 23.8 Å². The number of ether oxygens (including phenoxy) is 3. The lowest BCUT2D eigenvalue weighted by Gasteiger charge is -2.47. The first-order valence-corrected chi connectivity index (χ1v) is 19.8. The van der Waals surface area contributed by atoms with Gasteiger partial charge in [0.25, 0.3) is 0 Å². The Morgan fingerprint density at radius 3 is 2.22 bits per heavy atom. The van der Waals surface area contributed by atoms with Gasteiger partial charge < -0.3 is 44.2 Å². The molecule has 0 bridgehead atoms. The predicted octanol–water partition coefficient (Wildman–Crippen LogP) is 3.79. The number of allylic oxidation sites excluding steroid dienone is 3. The second kappa shape index (κ2) is 20.1. The van der Waals surface area contributed by atoms with Crippen LogP contribution in [0.1, 0.15) is 92.4 Å². The van der Waals surface area contributed by atoms with Gasteiger partial charge in [-0.05, 0) is 118 Å². The summed E-state index contributed by atoms with van der Waals surface area (Å²) in [6, 6.07) is -0.631. The molecule has 11 nitrogen and oxygen atoms in total. The fraction of sp³-hybridized carbons (Fsp3) is 0.850. The minimum absolute atomic E-state index is 0.0256. The lowest BCUT2D eigenvalue weighted by atomic mass is 9.79. The average molecular weight is 720 g/mol. The molecule has 292 valence electrons. The Labute approximate surface area is 307 Å². The van der Waals surface area contributed by atoms with E-state index in [2.05, 4.69) is 15.9 Å². The Morgan fingerprint density at radius 2 is 1.57 bits per heavy atom. The van der Waals surface area contributed by atoms with Crippen molar-refractivity contribution in [3.63, 3.8) is 0 Å². The van der Waals surface area contributed by atoms with Gasteiger partial charge >= 0.3 is 5.97 Å². The van der Waals surface area contributed by atoms with Crippen molar-refractivity contribution < 1.29 is 39.1 Å². The number of nitrogens with zero attached hydrogens (tertiary/aromatic N) is 3.